The van der Waals surface area contributed by atoms with Gasteiger partial charge < -0.3 is 35.4 Å². The van der Waals surface area contributed by atoms with E-state index in [0.717, 1.165) is 0 Å². The fourth-order valence-electron chi connectivity index (χ4n) is 3.23. The van der Waals surface area contributed by atoms with Crippen LogP contribution >= 0.6 is 0 Å². The zero-order valence-corrected chi connectivity index (χ0v) is 13.4. The molecule has 0 saturated carbocycles. The summed E-state index contributed by atoms with van der Waals surface area (Å²) in [5.74, 6) is 0.713. The minimum Gasteiger partial charge on any atom is -0.394 e. The molecule has 2 aromatic heterocycles. The van der Waals surface area contributed by atoms with Crippen LogP contribution < -0.4 is 10.6 Å². The van der Waals surface area contributed by atoms with Crippen molar-refractivity contribution in [1.82, 2.24) is 19.5 Å². The summed E-state index contributed by atoms with van der Waals surface area (Å²) in [6, 6.07) is 0. The van der Waals surface area contributed by atoms with Gasteiger partial charge in [-0.1, -0.05) is 0 Å². The van der Waals surface area contributed by atoms with Gasteiger partial charge in [0.1, 0.15) is 24.6 Å². The number of nitrogens with two attached hydrogens (primary N) is 1. The maximum absolute atomic E-state index is 10.4. The summed E-state index contributed by atoms with van der Waals surface area (Å²) in [4.78, 5) is 14.7. The third-order valence-corrected chi connectivity index (χ3v) is 4.55. The Morgan fingerprint density at radius 1 is 1.20 bits per heavy atom. The lowest BCUT2D eigenvalue weighted by molar-refractivity contribution is -0.0506. The number of nitrogens with zero attached hydrogens (tertiary/aromatic N) is 5. The van der Waals surface area contributed by atoms with Crippen molar-refractivity contribution in [2.24, 2.45) is 0 Å². The Hall–Kier alpha value is -2.05. The number of ether oxygens (including phenoxy) is 2. The van der Waals surface area contributed by atoms with Gasteiger partial charge in [0.15, 0.2) is 23.2 Å². The molecule has 0 spiro atoms. The highest BCUT2D eigenvalue weighted by Crippen LogP contribution is 2.36. The number of hydrogen-bond acceptors (Lipinski definition) is 10. The largest absolute Gasteiger partial charge is 0.394 e. The summed E-state index contributed by atoms with van der Waals surface area (Å²) < 4.78 is 12.6. The van der Waals surface area contributed by atoms with Crippen LogP contribution in [-0.4, -0.2) is 86.1 Å². The molecule has 5 N–H and O–H groups in total. The van der Waals surface area contributed by atoms with Crippen molar-refractivity contribution in [1.29, 1.82) is 0 Å². The number of anilines is 2. The number of imidazole rings is 1. The second-order valence-electron chi connectivity index (χ2n) is 6.04. The van der Waals surface area contributed by atoms with Crippen LogP contribution in [0.2, 0.25) is 0 Å². The van der Waals surface area contributed by atoms with E-state index in [4.69, 9.17) is 15.2 Å². The third kappa shape index (κ3) is 2.60. The summed E-state index contributed by atoms with van der Waals surface area (Å²) >= 11 is 0. The number of morpholine rings is 1. The van der Waals surface area contributed by atoms with Crippen molar-refractivity contribution in [3.8, 4) is 0 Å². The molecule has 2 aliphatic rings. The van der Waals surface area contributed by atoms with Crippen molar-refractivity contribution in [2.45, 2.75) is 24.5 Å². The quantitative estimate of drug-likeness (QED) is 0.481. The molecule has 25 heavy (non-hydrogen) atoms. The van der Waals surface area contributed by atoms with Gasteiger partial charge in [0.25, 0.3) is 0 Å². The van der Waals surface area contributed by atoms with Crippen LogP contribution in [0.15, 0.2) is 6.33 Å². The first-order valence-corrected chi connectivity index (χ1v) is 8.05. The molecule has 11 nitrogen and oxygen atoms in total. The lowest BCUT2D eigenvalue weighted by Gasteiger charge is -2.30. The Kier molecular flexibility index (Phi) is 4.17. The molecule has 4 heterocycles. The number of aromatic nitrogens is 4. The molecule has 0 unspecified atom stereocenters. The number of fused-ring (bicyclic) bond motifs is 1. The molecule has 4 atom stereocenters. The maximum atomic E-state index is 10.4. The molecule has 2 saturated heterocycles. The van der Waals surface area contributed by atoms with E-state index < -0.39 is 31.1 Å². The highest BCUT2D eigenvalue weighted by Gasteiger charge is 2.45. The fraction of sp³-hybridized carbons (Fsp3) is 0.643. The number of aliphatic hydroxyl groups excluding tert-OH is 3. The van der Waals surface area contributed by atoms with E-state index in [1.54, 1.807) is 4.57 Å². The summed E-state index contributed by atoms with van der Waals surface area (Å²) in [6.45, 7) is 1.88. The standard InChI is InChI=1S/C14H20N6O5/c15-11-8-12(17-6-16-11)20(13-10(23)9(22)7(5-21)25-13)14(18-8)19-1-3-24-4-2-19/h6-7,9-10,13,21-23H,1-5H2,(H2,15,16,17)/t7-,9-,10+,13+/m1/s1. The predicted octanol–water partition coefficient (Wildman–Crippen LogP) is -2.14. The van der Waals surface area contributed by atoms with Gasteiger partial charge in [0, 0.05) is 13.1 Å². The zero-order valence-electron chi connectivity index (χ0n) is 13.4. The van der Waals surface area contributed by atoms with Gasteiger partial charge in [-0.15, -0.1) is 0 Å². The molecule has 11 heteroatoms. The number of rotatable bonds is 3. The van der Waals surface area contributed by atoms with E-state index in [1.807, 2.05) is 4.90 Å². The smallest absolute Gasteiger partial charge is 0.210 e. The minimum absolute atomic E-state index is 0.213. The van der Waals surface area contributed by atoms with Crippen LogP contribution in [0, 0.1) is 0 Å². The molecule has 0 amide bonds. The fourth-order valence-corrected chi connectivity index (χ4v) is 3.23. The molecule has 4 rings (SSSR count). The predicted molar refractivity (Wildman–Crippen MR) is 85.8 cm³/mol. The van der Waals surface area contributed by atoms with E-state index in [9.17, 15) is 15.3 Å². The molecule has 2 fully saturated rings. The topological polar surface area (TPSA) is 152 Å². The van der Waals surface area contributed by atoms with Crippen LogP contribution in [0.1, 0.15) is 6.23 Å². The van der Waals surface area contributed by atoms with Gasteiger partial charge in [-0.2, -0.15) is 0 Å². The van der Waals surface area contributed by atoms with Gasteiger partial charge in [-0.05, 0) is 0 Å². The van der Waals surface area contributed by atoms with Crippen molar-refractivity contribution in [3.63, 3.8) is 0 Å². The van der Waals surface area contributed by atoms with Gasteiger partial charge in [0.05, 0.1) is 19.8 Å². The molecule has 2 aliphatic heterocycles. The Morgan fingerprint density at radius 3 is 2.64 bits per heavy atom. The van der Waals surface area contributed by atoms with Crippen molar-refractivity contribution in [3.05, 3.63) is 6.33 Å². The van der Waals surface area contributed by atoms with Gasteiger partial charge in [-0.3, -0.25) is 4.57 Å². The van der Waals surface area contributed by atoms with Gasteiger partial charge in [0.2, 0.25) is 5.95 Å². The zero-order chi connectivity index (χ0) is 17.6. The van der Waals surface area contributed by atoms with Crippen molar-refractivity contribution >= 4 is 22.9 Å². The first-order valence-electron chi connectivity index (χ1n) is 8.05. The summed E-state index contributed by atoms with van der Waals surface area (Å²) in [5.41, 5.74) is 6.70. The molecule has 0 aliphatic carbocycles. The Bertz CT molecular complexity index is 763. The molecule has 0 aromatic carbocycles. The Balaban J connectivity index is 1.84. The average Bonchev–Trinajstić information content (AvgIpc) is 3.15. The number of hydrogen-bond donors (Lipinski definition) is 4. The molecule has 0 bridgehead atoms. The molecular formula is C14H20N6O5. The summed E-state index contributed by atoms with van der Waals surface area (Å²) in [7, 11) is 0. The highest BCUT2D eigenvalue weighted by molar-refractivity contribution is 5.84. The van der Waals surface area contributed by atoms with Gasteiger partial charge in [-0.25, -0.2) is 15.0 Å². The second-order valence-corrected chi connectivity index (χ2v) is 6.04. The van der Waals surface area contributed by atoms with Crippen LogP contribution in [0.5, 0.6) is 0 Å². The minimum atomic E-state index is -1.24. The first-order chi connectivity index (χ1) is 12.1. The molecule has 136 valence electrons. The van der Waals surface area contributed by atoms with E-state index in [1.165, 1.54) is 6.33 Å². The highest BCUT2D eigenvalue weighted by atomic mass is 16.6. The monoisotopic (exact) mass is 352 g/mol. The lowest BCUT2D eigenvalue weighted by atomic mass is 10.1. The molecule has 0 radical (unpaired) electrons. The molecular weight excluding hydrogens is 332 g/mol. The summed E-state index contributed by atoms with van der Waals surface area (Å²) in [5, 5.41) is 29.9. The van der Waals surface area contributed by atoms with Crippen molar-refractivity contribution < 1.29 is 24.8 Å². The second kappa shape index (κ2) is 6.35. The number of nitrogen functional groups attached to an aromatic ring is 1. The third-order valence-electron chi connectivity index (χ3n) is 4.55. The van der Waals surface area contributed by atoms with Crippen molar-refractivity contribution in [2.75, 3.05) is 43.5 Å². The van der Waals surface area contributed by atoms with Crippen LogP contribution in [0.3, 0.4) is 0 Å². The van der Waals surface area contributed by atoms with E-state index in [0.29, 0.717) is 43.4 Å². The molecule has 2 aromatic rings. The normalized spacial score (nSPS) is 30.3. The van der Waals surface area contributed by atoms with Crippen LogP contribution in [0.4, 0.5) is 11.8 Å². The average molecular weight is 352 g/mol. The van der Waals surface area contributed by atoms with E-state index in [-0.39, 0.29) is 5.82 Å². The van der Waals surface area contributed by atoms with E-state index in [2.05, 4.69) is 15.0 Å². The number of aliphatic hydroxyl groups is 3. The lowest BCUT2D eigenvalue weighted by Crippen LogP contribution is -2.39. The van der Waals surface area contributed by atoms with Crippen LogP contribution in [0.25, 0.3) is 11.2 Å². The van der Waals surface area contributed by atoms with E-state index >= 15 is 0 Å². The SMILES string of the molecule is Nc1ncnc2c1nc(N1CCOCC1)n2[C@H]1O[C@H](CO)[C@@H](O)[C@@H]1O. The Morgan fingerprint density at radius 2 is 1.96 bits per heavy atom. The maximum Gasteiger partial charge on any atom is 0.210 e. The summed E-state index contributed by atoms with van der Waals surface area (Å²) in [6.07, 6.45) is -3.01. The van der Waals surface area contributed by atoms with Gasteiger partial charge >= 0.3 is 0 Å². The van der Waals surface area contributed by atoms with Crippen LogP contribution in [-0.2, 0) is 9.47 Å². The Labute approximate surface area is 142 Å². The first kappa shape index (κ1) is 16.4.